The van der Waals surface area contributed by atoms with Gasteiger partial charge in [0.1, 0.15) is 10.4 Å². The van der Waals surface area contributed by atoms with Crippen LogP contribution in [-0.4, -0.2) is 76.9 Å². The van der Waals surface area contributed by atoms with Gasteiger partial charge in [-0.05, 0) is 63.4 Å². The molecule has 0 atom stereocenters. The van der Waals surface area contributed by atoms with E-state index >= 15 is 0 Å². The molecule has 39 heavy (non-hydrogen) atoms. The normalized spacial score (nSPS) is 20.3. The lowest BCUT2D eigenvalue weighted by Gasteiger charge is -2.38. The molecule has 0 saturated carbocycles. The van der Waals surface area contributed by atoms with Crippen LogP contribution in [0.15, 0.2) is 35.3 Å². The Morgan fingerprint density at radius 2 is 1.90 bits per heavy atom. The van der Waals surface area contributed by atoms with E-state index in [2.05, 4.69) is 32.5 Å². The molecular formula is C28H31N7O3S. The number of pyridine rings is 1. The smallest absolute Gasteiger partial charge is 0.258 e. The first-order valence-corrected chi connectivity index (χ1v) is 14.5. The molecule has 3 fully saturated rings. The predicted octanol–water partition coefficient (Wildman–Crippen LogP) is 2.39. The molecule has 10 nitrogen and oxygen atoms in total. The Morgan fingerprint density at radius 1 is 1.13 bits per heavy atom. The van der Waals surface area contributed by atoms with Crippen molar-refractivity contribution in [3.63, 3.8) is 0 Å². The number of piperidine rings is 2. The molecule has 6 heterocycles. The summed E-state index contributed by atoms with van der Waals surface area (Å²) >= 11 is 1.44. The second-order valence-corrected chi connectivity index (χ2v) is 12.3. The van der Waals surface area contributed by atoms with E-state index in [-0.39, 0.29) is 34.3 Å². The van der Waals surface area contributed by atoms with Crippen LogP contribution in [0.5, 0.6) is 0 Å². The summed E-state index contributed by atoms with van der Waals surface area (Å²) in [6.07, 6.45) is 5.66. The van der Waals surface area contributed by atoms with E-state index in [0.717, 1.165) is 68.6 Å². The van der Waals surface area contributed by atoms with Crippen LogP contribution in [-0.2, 0) is 4.79 Å². The van der Waals surface area contributed by atoms with E-state index in [4.69, 9.17) is 4.98 Å². The number of anilines is 1. The van der Waals surface area contributed by atoms with Gasteiger partial charge in [-0.25, -0.2) is 4.98 Å². The fourth-order valence-corrected chi connectivity index (χ4v) is 7.52. The maximum Gasteiger partial charge on any atom is 0.258 e. The minimum Gasteiger partial charge on any atom is -0.356 e. The summed E-state index contributed by atoms with van der Waals surface area (Å²) < 4.78 is 2.94. The van der Waals surface area contributed by atoms with Crippen molar-refractivity contribution in [2.24, 2.45) is 5.41 Å². The first-order valence-electron chi connectivity index (χ1n) is 13.6. The Kier molecular flexibility index (Phi) is 5.82. The average Bonchev–Trinajstić information content (AvgIpc) is 3.50. The highest BCUT2D eigenvalue weighted by atomic mass is 32.1. The average molecular weight is 546 g/mol. The Bertz CT molecular complexity index is 1680. The summed E-state index contributed by atoms with van der Waals surface area (Å²) in [6.45, 7) is 4.07. The molecule has 2 amide bonds. The summed E-state index contributed by atoms with van der Waals surface area (Å²) in [6, 6.07) is 7.97. The molecule has 1 spiro atoms. The minimum absolute atomic E-state index is 0.0220. The first kappa shape index (κ1) is 24.5. The van der Waals surface area contributed by atoms with E-state index in [1.54, 1.807) is 6.20 Å². The third kappa shape index (κ3) is 4.15. The van der Waals surface area contributed by atoms with E-state index in [0.29, 0.717) is 28.2 Å². The van der Waals surface area contributed by atoms with Crippen molar-refractivity contribution < 1.29 is 9.59 Å². The van der Waals surface area contributed by atoms with E-state index < -0.39 is 0 Å². The molecule has 3 aliphatic heterocycles. The molecule has 0 bridgehead atoms. The standard InChI is InChI=1S/C28H31N7O3S/c1-33-10-6-17(7-11-33)31-25(38)22-23(37)18-15-29-27(34-12-8-28(9-13-34)14-21(36)30-16-28)32-24(18)35-19-4-2-3-5-20(19)39-26(22)35/h2-5,15,17H,6-14,16H2,1H3,(H,30,36)(H,31,38). The number of carbonyl (C=O) groups excluding carboxylic acids is 2. The zero-order valence-electron chi connectivity index (χ0n) is 21.9. The molecule has 0 aliphatic carbocycles. The molecule has 0 unspecified atom stereocenters. The van der Waals surface area contributed by atoms with E-state index in [1.165, 1.54) is 11.3 Å². The van der Waals surface area contributed by atoms with Gasteiger partial charge >= 0.3 is 0 Å². The second kappa shape index (κ2) is 9.27. The monoisotopic (exact) mass is 545 g/mol. The lowest BCUT2D eigenvalue weighted by Crippen LogP contribution is -2.44. The van der Waals surface area contributed by atoms with Gasteiger partial charge in [0.2, 0.25) is 17.3 Å². The zero-order valence-corrected chi connectivity index (χ0v) is 22.7. The number of aromatic nitrogens is 3. The topological polar surface area (TPSA) is 112 Å². The van der Waals surface area contributed by atoms with Gasteiger partial charge in [-0.1, -0.05) is 12.1 Å². The summed E-state index contributed by atoms with van der Waals surface area (Å²) in [5.74, 6) is 0.374. The number of likely N-dealkylation sites (tertiary alicyclic amines) is 1. The van der Waals surface area contributed by atoms with Crippen LogP contribution in [0.25, 0.3) is 26.1 Å². The van der Waals surface area contributed by atoms with Gasteiger partial charge in [-0.2, -0.15) is 4.98 Å². The third-order valence-corrected chi connectivity index (χ3v) is 9.90. The minimum atomic E-state index is -0.332. The molecule has 7 rings (SSSR count). The largest absolute Gasteiger partial charge is 0.356 e. The van der Waals surface area contributed by atoms with Crippen molar-refractivity contribution >= 4 is 55.2 Å². The van der Waals surface area contributed by atoms with Gasteiger partial charge in [-0.3, -0.25) is 18.8 Å². The van der Waals surface area contributed by atoms with E-state index in [9.17, 15) is 14.4 Å². The van der Waals surface area contributed by atoms with Crippen LogP contribution in [0.1, 0.15) is 42.5 Å². The second-order valence-electron chi connectivity index (χ2n) is 11.3. The predicted molar refractivity (Wildman–Crippen MR) is 152 cm³/mol. The number of benzene rings is 1. The molecule has 11 heteroatoms. The summed E-state index contributed by atoms with van der Waals surface area (Å²) in [5, 5.41) is 6.46. The highest BCUT2D eigenvalue weighted by Crippen LogP contribution is 2.38. The Labute approximate surface area is 229 Å². The SMILES string of the molecule is CN1CCC(NC(=O)c2c(=O)c3cnc(N4CCC5(CC4)CNC(=O)C5)nc3n3c2sc2ccccc23)CC1. The third-order valence-electron chi connectivity index (χ3n) is 8.75. The van der Waals surface area contributed by atoms with Crippen LogP contribution in [0.3, 0.4) is 0 Å². The highest BCUT2D eigenvalue weighted by Gasteiger charge is 2.41. The molecule has 3 saturated heterocycles. The lowest BCUT2D eigenvalue weighted by atomic mass is 9.78. The van der Waals surface area contributed by atoms with Crippen LogP contribution in [0.2, 0.25) is 0 Å². The number of hydrogen-bond acceptors (Lipinski definition) is 8. The van der Waals surface area contributed by atoms with Gasteiger partial charge in [-0.15, -0.1) is 11.3 Å². The van der Waals surface area contributed by atoms with Crippen LogP contribution >= 0.6 is 11.3 Å². The maximum absolute atomic E-state index is 13.8. The number of rotatable bonds is 3. The Balaban J connectivity index is 1.30. The molecule has 2 N–H and O–H groups in total. The van der Waals surface area contributed by atoms with Crippen molar-refractivity contribution in [1.82, 2.24) is 29.9 Å². The summed E-state index contributed by atoms with van der Waals surface area (Å²) in [7, 11) is 2.08. The number of para-hydroxylation sites is 1. The molecule has 202 valence electrons. The summed E-state index contributed by atoms with van der Waals surface area (Å²) in [4.78, 5) is 53.8. The number of thiazole rings is 1. The maximum atomic E-state index is 13.8. The molecule has 3 aliphatic rings. The van der Waals surface area contributed by atoms with Crippen molar-refractivity contribution in [3.05, 3.63) is 46.2 Å². The summed E-state index contributed by atoms with van der Waals surface area (Å²) in [5.41, 5.74) is 1.28. The van der Waals surface area contributed by atoms with Gasteiger partial charge in [0.15, 0.2) is 5.65 Å². The molecule has 4 aromatic rings. The van der Waals surface area contributed by atoms with Gasteiger partial charge in [0, 0.05) is 38.3 Å². The van der Waals surface area contributed by atoms with Gasteiger partial charge < -0.3 is 20.4 Å². The number of fused-ring (bicyclic) bond motifs is 5. The van der Waals surface area contributed by atoms with E-state index in [1.807, 2.05) is 28.7 Å². The van der Waals surface area contributed by atoms with Crippen molar-refractivity contribution in [2.45, 2.75) is 38.1 Å². The molecular weight excluding hydrogens is 514 g/mol. The molecule has 0 radical (unpaired) electrons. The lowest BCUT2D eigenvalue weighted by molar-refractivity contribution is -0.119. The number of nitrogens with zero attached hydrogens (tertiary/aromatic N) is 5. The van der Waals surface area contributed by atoms with Crippen molar-refractivity contribution in [3.8, 4) is 0 Å². The zero-order chi connectivity index (χ0) is 26.7. The van der Waals surface area contributed by atoms with Crippen LogP contribution in [0.4, 0.5) is 5.95 Å². The van der Waals surface area contributed by atoms with Crippen LogP contribution < -0.4 is 21.0 Å². The number of hydrogen-bond donors (Lipinski definition) is 2. The van der Waals surface area contributed by atoms with Gasteiger partial charge in [0.05, 0.1) is 15.6 Å². The first-order chi connectivity index (χ1) is 18.9. The van der Waals surface area contributed by atoms with Gasteiger partial charge in [0.25, 0.3) is 5.91 Å². The number of nitrogens with one attached hydrogen (secondary N) is 2. The fourth-order valence-electron chi connectivity index (χ4n) is 6.34. The highest BCUT2D eigenvalue weighted by molar-refractivity contribution is 7.24. The quantitative estimate of drug-likeness (QED) is 0.407. The van der Waals surface area contributed by atoms with Crippen molar-refractivity contribution in [1.29, 1.82) is 0 Å². The Hall–Kier alpha value is -3.57. The molecule has 3 aromatic heterocycles. The fraction of sp³-hybridized carbons (Fsp3) is 0.464. The molecule has 1 aromatic carbocycles. The Morgan fingerprint density at radius 3 is 2.64 bits per heavy atom. The van der Waals surface area contributed by atoms with Crippen LogP contribution in [0, 0.1) is 5.41 Å². The van der Waals surface area contributed by atoms with Crippen molar-refractivity contribution in [2.75, 3.05) is 44.7 Å². The number of amides is 2. The number of carbonyl (C=O) groups is 2.